The van der Waals surface area contributed by atoms with Crippen molar-refractivity contribution < 1.29 is 9.84 Å². The number of aromatic hydroxyl groups is 1. The fraction of sp³-hybridized carbons (Fsp3) is 0.158. The van der Waals surface area contributed by atoms with Gasteiger partial charge in [-0.15, -0.1) is 11.3 Å². The van der Waals surface area contributed by atoms with Crippen molar-refractivity contribution in [3.05, 3.63) is 59.0 Å². The highest BCUT2D eigenvalue weighted by molar-refractivity contribution is 7.14. The molecule has 0 atom stereocenters. The summed E-state index contributed by atoms with van der Waals surface area (Å²) in [6, 6.07) is 13.4. The van der Waals surface area contributed by atoms with Crippen molar-refractivity contribution in [3.63, 3.8) is 0 Å². The Bertz CT molecular complexity index is 873. The van der Waals surface area contributed by atoms with Crippen molar-refractivity contribution >= 4 is 22.7 Å². The number of benzene rings is 2. The number of hydrogen-bond donors (Lipinski definition) is 2. The normalized spacial score (nSPS) is 11.0. The van der Waals surface area contributed by atoms with E-state index in [-0.39, 0.29) is 5.75 Å². The zero-order valence-electron chi connectivity index (χ0n) is 14.1. The van der Waals surface area contributed by atoms with Gasteiger partial charge in [0.25, 0.3) is 0 Å². The Labute approximate surface area is 150 Å². The first-order valence-electron chi connectivity index (χ1n) is 7.93. The maximum Gasteiger partial charge on any atom is 0.203 e. The van der Waals surface area contributed by atoms with E-state index in [2.05, 4.69) is 46.7 Å². The lowest BCUT2D eigenvalue weighted by molar-refractivity contribution is 0.318. The molecule has 1 aromatic heterocycles. The van der Waals surface area contributed by atoms with Gasteiger partial charge in [0, 0.05) is 10.9 Å². The first kappa shape index (κ1) is 17.0. The summed E-state index contributed by atoms with van der Waals surface area (Å²) in [5, 5.41) is 16.6. The molecule has 0 spiro atoms. The smallest absolute Gasteiger partial charge is 0.203 e. The van der Waals surface area contributed by atoms with Crippen molar-refractivity contribution in [1.82, 2.24) is 4.98 Å². The number of hydrazone groups is 1. The monoisotopic (exact) mass is 353 g/mol. The number of thiazole rings is 1. The molecule has 2 N–H and O–H groups in total. The number of nitrogens with zero attached hydrogens (tertiary/aromatic N) is 2. The Hall–Kier alpha value is -2.86. The largest absolute Gasteiger partial charge is 0.504 e. The standard InChI is InChI=1S/C19H19N3O2S/c1-3-24-18-10-14(6-9-17(18)23)11-20-22-19-21-16(12-25-19)15-7-4-13(2)5-8-15/h4-12,23H,3H2,1-2H3,(H,21,22)/b20-11-. The van der Waals surface area contributed by atoms with Crippen LogP contribution in [0.4, 0.5) is 5.13 Å². The molecule has 3 rings (SSSR count). The summed E-state index contributed by atoms with van der Waals surface area (Å²) in [7, 11) is 0. The first-order chi connectivity index (χ1) is 12.2. The molecule has 0 aliphatic rings. The van der Waals surface area contributed by atoms with E-state index in [4.69, 9.17) is 4.74 Å². The summed E-state index contributed by atoms with van der Waals surface area (Å²) in [4.78, 5) is 4.53. The molecule has 0 saturated heterocycles. The minimum Gasteiger partial charge on any atom is -0.504 e. The second kappa shape index (κ2) is 7.81. The number of ether oxygens (including phenoxy) is 1. The molecule has 128 valence electrons. The highest BCUT2D eigenvalue weighted by Crippen LogP contribution is 2.27. The lowest BCUT2D eigenvalue weighted by atomic mass is 10.1. The maximum atomic E-state index is 9.70. The van der Waals surface area contributed by atoms with E-state index in [0.717, 1.165) is 22.0 Å². The molecule has 5 nitrogen and oxygen atoms in total. The minimum absolute atomic E-state index is 0.120. The van der Waals surface area contributed by atoms with Crippen LogP contribution in [0.25, 0.3) is 11.3 Å². The zero-order chi connectivity index (χ0) is 17.6. The van der Waals surface area contributed by atoms with Gasteiger partial charge in [0.15, 0.2) is 11.5 Å². The number of nitrogens with one attached hydrogen (secondary N) is 1. The van der Waals surface area contributed by atoms with Crippen molar-refractivity contribution in [1.29, 1.82) is 0 Å². The van der Waals surface area contributed by atoms with E-state index in [1.54, 1.807) is 24.4 Å². The van der Waals surface area contributed by atoms with Crippen molar-refractivity contribution in [2.75, 3.05) is 12.0 Å². The van der Waals surface area contributed by atoms with Crippen LogP contribution in [-0.2, 0) is 0 Å². The molecule has 2 aromatic carbocycles. The molecular weight excluding hydrogens is 334 g/mol. The first-order valence-corrected chi connectivity index (χ1v) is 8.81. The molecule has 6 heteroatoms. The van der Waals surface area contributed by atoms with Crippen LogP contribution in [0.2, 0.25) is 0 Å². The molecule has 0 aliphatic heterocycles. The molecule has 0 radical (unpaired) electrons. The fourth-order valence-corrected chi connectivity index (χ4v) is 2.89. The number of phenols is 1. The van der Waals surface area contributed by atoms with Gasteiger partial charge in [0.2, 0.25) is 5.13 Å². The Balaban J connectivity index is 1.67. The highest BCUT2D eigenvalue weighted by atomic mass is 32.1. The summed E-state index contributed by atoms with van der Waals surface area (Å²) in [5.41, 5.74) is 6.99. The van der Waals surface area contributed by atoms with Crippen LogP contribution in [0.3, 0.4) is 0 Å². The summed E-state index contributed by atoms with van der Waals surface area (Å²) >= 11 is 1.50. The Kier molecular flexibility index (Phi) is 5.30. The van der Waals surface area contributed by atoms with Crippen LogP contribution in [-0.4, -0.2) is 22.9 Å². The van der Waals surface area contributed by atoms with E-state index in [1.807, 2.05) is 12.3 Å². The Morgan fingerprint density at radius 1 is 1.24 bits per heavy atom. The van der Waals surface area contributed by atoms with Crippen LogP contribution in [0.5, 0.6) is 11.5 Å². The van der Waals surface area contributed by atoms with Gasteiger partial charge >= 0.3 is 0 Å². The molecule has 0 bridgehead atoms. The predicted octanol–water partition coefficient (Wildman–Crippen LogP) is 4.67. The minimum atomic E-state index is 0.120. The lowest BCUT2D eigenvalue weighted by Gasteiger charge is -2.05. The van der Waals surface area contributed by atoms with Gasteiger partial charge in [-0.3, -0.25) is 5.43 Å². The molecule has 0 aliphatic carbocycles. The van der Waals surface area contributed by atoms with Crippen LogP contribution in [0.15, 0.2) is 52.9 Å². The quantitative estimate of drug-likeness (QED) is 0.499. The van der Waals surface area contributed by atoms with E-state index >= 15 is 0 Å². The number of hydrogen-bond acceptors (Lipinski definition) is 6. The third-order valence-electron chi connectivity index (χ3n) is 3.51. The molecule has 25 heavy (non-hydrogen) atoms. The van der Waals surface area contributed by atoms with Gasteiger partial charge in [0.05, 0.1) is 18.5 Å². The summed E-state index contributed by atoms with van der Waals surface area (Å²) in [5.74, 6) is 0.567. The number of anilines is 1. The van der Waals surface area contributed by atoms with Crippen LogP contribution in [0, 0.1) is 6.92 Å². The van der Waals surface area contributed by atoms with Gasteiger partial charge in [-0.2, -0.15) is 5.10 Å². The average molecular weight is 353 g/mol. The molecular formula is C19H19N3O2S. The van der Waals surface area contributed by atoms with E-state index in [9.17, 15) is 5.11 Å². The van der Waals surface area contributed by atoms with Crippen molar-refractivity contribution in [3.8, 4) is 22.8 Å². The maximum absolute atomic E-state index is 9.70. The molecule has 1 heterocycles. The summed E-state index contributed by atoms with van der Waals surface area (Å²) < 4.78 is 5.36. The summed E-state index contributed by atoms with van der Waals surface area (Å²) in [6.07, 6.45) is 1.66. The fourth-order valence-electron chi connectivity index (χ4n) is 2.23. The lowest BCUT2D eigenvalue weighted by Crippen LogP contribution is -1.94. The van der Waals surface area contributed by atoms with Gasteiger partial charge in [-0.25, -0.2) is 4.98 Å². The van der Waals surface area contributed by atoms with E-state index < -0.39 is 0 Å². The van der Waals surface area contributed by atoms with Gasteiger partial charge in [-0.05, 0) is 37.6 Å². The molecule has 0 unspecified atom stereocenters. The Morgan fingerprint density at radius 3 is 2.80 bits per heavy atom. The molecule has 0 amide bonds. The third-order valence-corrected chi connectivity index (χ3v) is 4.26. The molecule has 0 saturated carbocycles. The van der Waals surface area contributed by atoms with Gasteiger partial charge in [-0.1, -0.05) is 29.8 Å². The van der Waals surface area contributed by atoms with Crippen molar-refractivity contribution in [2.24, 2.45) is 5.10 Å². The second-order valence-corrected chi connectivity index (χ2v) is 6.29. The van der Waals surface area contributed by atoms with Crippen LogP contribution >= 0.6 is 11.3 Å². The number of aromatic nitrogens is 1. The highest BCUT2D eigenvalue weighted by Gasteiger charge is 2.04. The topological polar surface area (TPSA) is 66.7 Å². The van der Waals surface area contributed by atoms with E-state index in [0.29, 0.717) is 12.4 Å². The van der Waals surface area contributed by atoms with Gasteiger partial charge < -0.3 is 9.84 Å². The van der Waals surface area contributed by atoms with Crippen LogP contribution in [0.1, 0.15) is 18.1 Å². The number of aryl methyl sites for hydroxylation is 1. The molecule has 3 aromatic rings. The van der Waals surface area contributed by atoms with E-state index in [1.165, 1.54) is 16.9 Å². The number of phenolic OH excluding ortho intramolecular Hbond substituents is 1. The number of rotatable bonds is 6. The Morgan fingerprint density at radius 2 is 2.04 bits per heavy atom. The van der Waals surface area contributed by atoms with Crippen LogP contribution < -0.4 is 10.2 Å². The second-order valence-electron chi connectivity index (χ2n) is 5.43. The van der Waals surface area contributed by atoms with Crippen molar-refractivity contribution in [2.45, 2.75) is 13.8 Å². The third kappa shape index (κ3) is 4.36. The van der Waals surface area contributed by atoms with Gasteiger partial charge in [0.1, 0.15) is 0 Å². The molecule has 0 fully saturated rings. The average Bonchev–Trinajstić information content (AvgIpc) is 3.07. The SMILES string of the molecule is CCOc1cc(/C=N\Nc2nc(-c3ccc(C)cc3)cs2)ccc1O. The summed E-state index contributed by atoms with van der Waals surface area (Å²) in [6.45, 7) is 4.43. The predicted molar refractivity (Wildman–Crippen MR) is 103 cm³/mol. The zero-order valence-corrected chi connectivity index (χ0v) is 14.9.